The number of nitrogens with zero attached hydrogens (tertiary/aromatic N) is 1. The number of sulfone groups is 1. The van der Waals surface area contributed by atoms with E-state index in [-0.39, 0.29) is 19.0 Å². The molecule has 0 aromatic heterocycles. The number of rotatable bonds is 6. The minimum Gasteiger partial charge on any atom is -0.481 e. The van der Waals surface area contributed by atoms with Crippen LogP contribution in [0.15, 0.2) is 0 Å². The van der Waals surface area contributed by atoms with Crippen molar-refractivity contribution in [3.05, 3.63) is 0 Å². The monoisotopic (exact) mass is 249 g/mol. The standard InChI is InChI=1S/C9H15NO5S/c1-16(14,15)6-8(11)10(7-2-3-7)5-4-9(12)13/h7H,2-6H2,1H3,(H,12,13). The molecule has 0 aromatic carbocycles. The molecule has 6 nitrogen and oxygen atoms in total. The summed E-state index contributed by atoms with van der Waals surface area (Å²) in [5.41, 5.74) is 0. The van der Waals surface area contributed by atoms with Gasteiger partial charge < -0.3 is 10.0 Å². The maximum absolute atomic E-state index is 11.6. The number of carboxylic acids is 1. The Morgan fingerprint density at radius 1 is 1.38 bits per heavy atom. The third-order valence-electron chi connectivity index (χ3n) is 2.26. The second kappa shape index (κ2) is 4.82. The first-order valence-electron chi connectivity index (χ1n) is 4.98. The topological polar surface area (TPSA) is 91.8 Å². The molecule has 92 valence electrons. The van der Waals surface area contributed by atoms with Crippen LogP contribution in [-0.4, -0.2) is 54.9 Å². The molecule has 0 saturated heterocycles. The summed E-state index contributed by atoms with van der Waals surface area (Å²) in [6.45, 7) is 0.0916. The van der Waals surface area contributed by atoms with Gasteiger partial charge in [-0.3, -0.25) is 9.59 Å². The van der Waals surface area contributed by atoms with Gasteiger partial charge in [0.1, 0.15) is 5.75 Å². The third kappa shape index (κ3) is 4.61. The van der Waals surface area contributed by atoms with Crippen LogP contribution in [-0.2, 0) is 19.4 Å². The van der Waals surface area contributed by atoms with E-state index in [9.17, 15) is 18.0 Å². The van der Waals surface area contributed by atoms with E-state index in [0.29, 0.717) is 0 Å². The number of hydrogen-bond acceptors (Lipinski definition) is 4. The SMILES string of the molecule is CS(=O)(=O)CC(=O)N(CCC(=O)O)C1CC1. The Balaban J connectivity index is 2.56. The van der Waals surface area contributed by atoms with Crippen molar-refractivity contribution < 1.29 is 23.1 Å². The van der Waals surface area contributed by atoms with Gasteiger partial charge in [0.2, 0.25) is 5.91 Å². The summed E-state index contributed by atoms with van der Waals surface area (Å²) in [6.07, 6.45) is 2.50. The van der Waals surface area contributed by atoms with Crippen LogP contribution in [0.4, 0.5) is 0 Å². The largest absolute Gasteiger partial charge is 0.481 e. The predicted octanol–water partition coefficient (Wildman–Crippen LogP) is -0.503. The number of amides is 1. The average molecular weight is 249 g/mol. The van der Waals surface area contributed by atoms with Crippen LogP contribution in [0.5, 0.6) is 0 Å². The van der Waals surface area contributed by atoms with Crippen molar-refractivity contribution >= 4 is 21.7 Å². The molecule has 1 N–H and O–H groups in total. The number of carbonyl (C=O) groups excluding carboxylic acids is 1. The fourth-order valence-electron chi connectivity index (χ4n) is 1.42. The molecule has 1 rings (SSSR count). The van der Waals surface area contributed by atoms with Crippen molar-refractivity contribution in [2.24, 2.45) is 0 Å². The van der Waals surface area contributed by atoms with Crippen LogP contribution in [0, 0.1) is 0 Å². The molecule has 0 radical (unpaired) electrons. The van der Waals surface area contributed by atoms with E-state index in [1.165, 1.54) is 4.90 Å². The summed E-state index contributed by atoms with van der Waals surface area (Å²) >= 11 is 0. The van der Waals surface area contributed by atoms with Gasteiger partial charge in [-0.1, -0.05) is 0 Å². The zero-order valence-corrected chi connectivity index (χ0v) is 9.87. The Bertz CT molecular complexity index is 385. The lowest BCUT2D eigenvalue weighted by molar-refractivity contribution is -0.138. The number of hydrogen-bond donors (Lipinski definition) is 1. The fraction of sp³-hybridized carbons (Fsp3) is 0.778. The lowest BCUT2D eigenvalue weighted by Crippen LogP contribution is -2.38. The predicted molar refractivity (Wildman–Crippen MR) is 56.7 cm³/mol. The molecule has 0 unspecified atom stereocenters. The highest BCUT2D eigenvalue weighted by atomic mass is 32.2. The molecule has 1 saturated carbocycles. The van der Waals surface area contributed by atoms with Gasteiger partial charge in [0, 0.05) is 18.8 Å². The molecular formula is C9H15NO5S. The minimum atomic E-state index is -3.35. The molecule has 0 heterocycles. The van der Waals surface area contributed by atoms with Gasteiger partial charge >= 0.3 is 5.97 Å². The number of carbonyl (C=O) groups is 2. The molecular weight excluding hydrogens is 234 g/mol. The van der Waals surface area contributed by atoms with Crippen LogP contribution in [0.2, 0.25) is 0 Å². The highest BCUT2D eigenvalue weighted by Crippen LogP contribution is 2.27. The maximum atomic E-state index is 11.6. The minimum absolute atomic E-state index is 0.0357. The van der Waals surface area contributed by atoms with Crippen LogP contribution in [0.25, 0.3) is 0 Å². The molecule has 1 fully saturated rings. The number of aliphatic carboxylic acids is 1. The van der Waals surface area contributed by atoms with Crippen LogP contribution in [0.1, 0.15) is 19.3 Å². The molecule has 0 bridgehead atoms. The van der Waals surface area contributed by atoms with Crippen LogP contribution in [0.3, 0.4) is 0 Å². The number of carboxylic acid groups (broad SMARTS) is 1. The van der Waals surface area contributed by atoms with Gasteiger partial charge in [0.15, 0.2) is 9.84 Å². The quantitative estimate of drug-likeness (QED) is 0.685. The van der Waals surface area contributed by atoms with Gasteiger partial charge in [-0.25, -0.2) is 8.42 Å². The third-order valence-corrected chi connectivity index (χ3v) is 3.03. The first-order valence-corrected chi connectivity index (χ1v) is 7.04. The molecule has 16 heavy (non-hydrogen) atoms. The van der Waals surface area contributed by atoms with Gasteiger partial charge in [-0.05, 0) is 12.8 Å². The summed E-state index contributed by atoms with van der Waals surface area (Å²) < 4.78 is 21.9. The Labute approximate surface area is 94.2 Å². The zero-order valence-electron chi connectivity index (χ0n) is 9.05. The second-order valence-electron chi connectivity index (χ2n) is 4.03. The van der Waals surface area contributed by atoms with Crippen molar-refractivity contribution in [3.63, 3.8) is 0 Å². The highest BCUT2D eigenvalue weighted by molar-refractivity contribution is 7.91. The molecule has 0 aliphatic heterocycles. The van der Waals surface area contributed by atoms with Gasteiger partial charge in [0.25, 0.3) is 0 Å². The van der Waals surface area contributed by atoms with E-state index >= 15 is 0 Å². The van der Waals surface area contributed by atoms with E-state index in [1.807, 2.05) is 0 Å². The average Bonchev–Trinajstić information content (AvgIpc) is 2.84. The summed E-state index contributed by atoms with van der Waals surface area (Å²) in [6, 6.07) is 0.0357. The van der Waals surface area contributed by atoms with E-state index in [0.717, 1.165) is 19.1 Å². The van der Waals surface area contributed by atoms with E-state index in [2.05, 4.69) is 0 Å². The Morgan fingerprint density at radius 3 is 2.31 bits per heavy atom. The Hall–Kier alpha value is -1.11. The van der Waals surface area contributed by atoms with Crippen molar-refractivity contribution in [2.75, 3.05) is 18.6 Å². The van der Waals surface area contributed by atoms with Crippen LogP contribution >= 0.6 is 0 Å². The Morgan fingerprint density at radius 2 is 1.94 bits per heavy atom. The smallest absolute Gasteiger partial charge is 0.305 e. The zero-order chi connectivity index (χ0) is 12.3. The van der Waals surface area contributed by atoms with E-state index < -0.39 is 27.5 Å². The molecule has 0 aromatic rings. The normalized spacial score (nSPS) is 15.8. The molecule has 1 aliphatic carbocycles. The second-order valence-corrected chi connectivity index (χ2v) is 6.17. The summed E-state index contributed by atoms with van der Waals surface area (Å²) in [7, 11) is -3.35. The lowest BCUT2D eigenvalue weighted by Gasteiger charge is -2.21. The summed E-state index contributed by atoms with van der Waals surface area (Å²) in [4.78, 5) is 23.4. The van der Waals surface area contributed by atoms with Crippen molar-refractivity contribution in [1.82, 2.24) is 4.90 Å². The van der Waals surface area contributed by atoms with E-state index in [4.69, 9.17) is 5.11 Å². The first-order chi connectivity index (χ1) is 7.29. The summed E-state index contributed by atoms with van der Waals surface area (Å²) in [5.74, 6) is -2.02. The van der Waals surface area contributed by atoms with Gasteiger partial charge in [-0.2, -0.15) is 0 Å². The first kappa shape index (κ1) is 13.0. The van der Waals surface area contributed by atoms with Crippen LogP contribution < -0.4 is 0 Å². The molecule has 1 aliphatic rings. The lowest BCUT2D eigenvalue weighted by atomic mass is 10.3. The van der Waals surface area contributed by atoms with Gasteiger partial charge in [0.05, 0.1) is 6.42 Å². The summed E-state index contributed by atoms with van der Waals surface area (Å²) in [5, 5.41) is 8.52. The molecule has 7 heteroatoms. The van der Waals surface area contributed by atoms with Gasteiger partial charge in [-0.15, -0.1) is 0 Å². The maximum Gasteiger partial charge on any atom is 0.305 e. The van der Waals surface area contributed by atoms with Crippen molar-refractivity contribution in [3.8, 4) is 0 Å². The Kier molecular flexibility index (Phi) is 3.90. The van der Waals surface area contributed by atoms with E-state index in [1.54, 1.807) is 0 Å². The van der Waals surface area contributed by atoms with Crippen molar-refractivity contribution in [2.45, 2.75) is 25.3 Å². The van der Waals surface area contributed by atoms with Crippen molar-refractivity contribution in [1.29, 1.82) is 0 Å². The highest BCUT2D eigenvalue weighted by Gasteiger charge is 2.33. The molecule has 0 spiro atoms. The molecule has 1 amide bonds. The molecule has 0 atom stereocenters. The fourth-order valence-corrected chi connectivity index (χ4v) is 2.03.